The highest BCUT2D eigenvalue weighted by Crippen LogP contribution is 2.31. The predicted molar refractivity (Wildman–Crippen MR) is 149 cm³/mol. The molecule has 6 rings (SSSR count). The lowest BCUT2D eigenvalue weighted by atomic mass is 10.2. The zero-order valence-corrected chi connectivity index (χ0v) is 22.1. The molecule has 192 valence electrons. The number of nitrogens with one attached hydrogen (secondary N) is 2. The fraction of sp³-hybridized carbons (Fsp3) is 0.231. The van der Waals surface area contributed by atoms with Crippen LogP contribution in [0.1, 0.15) is 41.0 Å². The summed E-state index contributed by atoms with van der Waals surface area (Å²) in [4.78, 5) is 37.5. The van der Waals surface area contributed by atoms with Crippen LogP contribution in [0.4, 0.5) is 11.5 Å². The van der Waals surface area contributed by atoms with E-state index in [2.05, 4.69) is 30.8 Å². The van der Waals surface area contributed by atoms with Gasteiger partial charge in [0.1, 0.15) is 22.6 Å². The molecule has 0 spiro atoms. The number of hydrogen-bond acceptors (Lipinski definition) is 10. The number of nitrogens with zero attached hydrogens (tertiary/aromatic N) is 5. The first-order valence-electron chi connectivity index (χ1n) is 12.1. The lowest BCUT2D eigenvalue weighted by molar-refractivity contribution is -0.124. The molecular formula is C26H24N8O2S2. The number of amides is 1. The van der Waals surface area contributed by atoms with E-state index in [1.807, 2.05) is 49.5 Å². The number of hydrogen-bond donors (Lipinski definition) is 3. The molecule has 1 aliphatic rings. The van der Waals surface area contributed by atoms with Crippen LogP contribution in [-0.2, 0) is 17.8 Å². The third-order valence-electron chi connectivity index (χ3n) is 6.53. The standard InChI is InChI=1S/C26H24N8O2S2/c1-14(20-12-30-25(38-20)15-5-3-2-4-6-15)32-18-11-28-22-8-7-19(34(22)26(18)36)24(35)29-10-16-9-17-21(37-16)13-31-33-23(17)27/h2-6,9,11-14,19,32H,7-8,10H2,1H3,(H2,27,33)(H,29,35)/t14-,19+/m1/s1. The molecule has 0 radical (unpaired) electrons. The van der Waals surface area contributed by atoms with Gasteiger partial charge >= 0.3 is 0 Å². The summed E-state index contributed by atoms with van der Waals surface area (Å²) < 4.78 is 2.43. The zero-order chi connectivity index (χ0) is 26.2. The Hall–Kier alpha value is -4.16. The number of nitrogen functional groups attached to an aromatic ring is 1. The van der Waals surface area contributed by atoms with Crippen molar-refractivity contribution in [2.45, 2.75) is 38.4 Å². The highest BCUT2D eigenvalue weighted by Gasteiger charge is 2.31. The normalized spacial score (nSPS) is 15.3. The van der Waals surface area contributed by atoms with E-state index in [9.17, 15) is 9.59 Å². The second kappa shape index (κ2) is 9.95. The minimum Gasteiger partial charge on any atom is -0.382 e. The number of anilines is 2. The van der Waals surface area contributed by atoms with Gasteiger partial charge in [-0.2, -0.15) is 5.10 Å². The third kappa shape index (κ3) is 4.52. The van der Waals surface area contributed by atoms with Crippen molar-refractivity contribution in [3.8, 4) is 10.6 Å². The number of benzene rings is 1. The molecule has 2 atom stereocenters. The molecule has 38 heavy (non-hydrogen) atoms. The Balaban J connectivity index is 1.17. The van der Waals surface area contributed by atoms with Crippen LogP contribution in [0.15, 0.2) is 59.8 Å². The Labute approximate surface area is 225 Å². The summed E-state index contributed by atoms with van der Waals surface area (Å²) in [6.45, 7) is 2.31. The van der Waals surface area contributed by atoms with Gasteiger partial charge in [0.05, 0.1) is 29.7 Å². The largest absolute Gasteiger partial charge is 0.382 e. The van der Waals surface area contributed by atoms with Crippen LogP contribution in [0, 0.1) is 0 Å². The number of aryl methyl sites for hydroxylation is 1. The quantitative estimate of drug-likeness (QED) is 0.280. The molecule has 1 aromatic carbocycles. The summed E-state index contributed by atoms with van der Waals surface area (Å²) in [6, 6.07) is 11.1. The molecule has 4 N–H and O–H groups in total. The fourth-order valence-corrected chi connectivity index (χ4v) is 6.49. The molecule has 0 aliphatic carbocycles. The number of rotatable bonds is 7. The van der Waals surface area contributed by atoms with E-state index in [4.69, 9.17) is 5.73 Å². The van der Waals surface area contributed by atoms with Crippen molar-refractivity contribution in [3.05, 3.63) is 80.9 Å². The summed E-state index contributed by atoms with van der Waals surface area (Å²) in [6.07, 6.45) is 6.13. The van der Waals surface area contributed by atoms with E-state index in [1.54, 1.807) is 23.7 Å². The number of carbonyl (C=O) groups excluding carboxylic acids is 1. The first-order chi connectivity index (χ1) is 18.5. The van der Waals surface area contributed by atoms with Gasteiger partial charge in [-0.25, -0.2) is 9.97 Å². The van der Waals surface area contributed by atoms with Gasteiger partial charge < -0.3 is 16.4 Å². The minimum absolute atomic E-state index is 0.156. The summed E-state index contributed by atoms with van der Waals surface area (Å²) in [5, 5.41) is 15.7. The zero-order valence-electron chi connectivity index (χ0n) is 20.4. The molecule has 5 aromatic rings. The van der Waals surface area contributed by atoms with E-state index in [0.29, 0.717) is 36.7 Å². The maximum atomic E-state index is 13.4. The Bertz CT molecular complexity index is 1690. The lowest BCUT2D eigenvalue weighted by Gasteiger charge is -2.17. The van der Waals surface area contributed by atoms with E-state index in [0.717, 1.165) is 30.4 Å². The van der Waals surface area contributed by atoms with Crippen molar-refractivity contribution < 1.29 is 4.79 Å². The molecule has 0 unspecified atom stereocenters. The van der Waals surface area contributed by atoms with Gasteiger partial charge in [0.2, 0.25) is 5.91 Å². The van der Waals surface area contributed by atoms with Crippen molar-refractivity contribution >= 4 is 50.2 Å². The van der Waals surface area contributed by atoms with Crippen LogP contribution < -0.4 is 21.9 Å². The minimum atomic E-state index is -0.613. The van der Waals surface area contributed by atoms with Crippen molar-refractivity contribution in [1.29, 1.82) is 0 Å². The van der Waals surface area contributed by atoms with Crippen molar-refractivity contribution in [3.63, 3.8) is 0 Å². The van der Waals surface area contributed by atoms with Gasteiger partial charge in [-0.1, -0.05) is 30.3 Å². The molecule has 0 saturated heterocycles. The molecule has 0 bridgehead atoms. The molecule has 5 heterocycles. The number of fused-ring (bicyclic) bond motifs is 2. The van der Waals surface area contributed by atoms with E-state index in [1.165, 1.54) is 15.9 Å². The van der Waals surface area contributed by atoms with Crippen LogP contribution in [-0.4, -0.2) is 30.6 Å². The Morgan fingerprint density at radius 1 is 1.18 bits per heavy atom. The number of aromatic nitrogens is 5. The van der Waals surface area contributed by atoms with Gasteiger partial charge in [-0.3, -0.25) is 14.2 Å². The summed E-state index contributed by atoms with van der Waals surface area (Å²) >= 11 is 3.08. The van der Waals surface area contributed by atoms with Gasteiger partial charge in [0, 0.05) is 33.3 Å². The number of thiazole rings is 1. The highest BCUT2D eigenvalue weighted by atomic mass is 32.1. The summed E-state index contributed by atoms with van der Waals surface area (Å²) in [5.41, 5.74) is 7.06. The Morgan fingerprint density at radius 2 is 2.03 bits per heavy atom. The average molecular weight is 545 g/mol. The first kappa shape index (κ1) is 24.2. The van der Waals surface area contributed by atoms with Crippen molar-refractivity contribution in [2.24, 2.45) is 0 Å². The Morgan fingerprint density at radius 3 is 2.84 bits per heavy atom. The number of thiophene rings is 1. The van der Waals surface area contributed by atoms with Crippen molar-refractivity contribution in [2.75, 3.05) is 11.1 Å². The molecule has 0 saturated carbocycles. The van der Waals surface area contributed by atoms with Crippen LogP contribution in [0.5, 0.6) is 0 Å². The summed E-state index contributed by atoms with van der Waals surface area (Å²) in [5.74, 6) is 0.765. The maximum absolute atomic E-state index is 13.4. The SMILES string of the molecule is C[C@@H](Nc1cnc2n(c1=O)[C@H](C(=O)NCc1cc3c(N)nncc3s1)CC2)c1cnc(-c2ccccc2)s1. The Kier molecular flexibility index (Phi) is 6.34. The third-order valence-corrected chi connectivity index (χ3v) is 8.83. The molecule has 1 amide bonds. The summed E-state index contributed by atoms with van der Waals surface area (Å²) in [7, 11) is 0. The van der Waals surface area contributed by atoms with Gasteiger partial charge in [-0.05, 0) is 19.4 Å². The van der Waals surface area contributed by atoms with E-state index < -0.39 is 6.04 Å². The first-order valence-corrected chi connectivity index (χ1v) is 13.8. The van der Waals surface area contributed by atoms with Gasteiger partial charge in [-0.15, -0.1) is 27.8 Å². The van der Waals surface area contributed by atoms with Crippen molar-refractivity contribution in [1.82, 2.24) is 30.0 Å². The second-order valence-electron chi connectivity index (χ2n) is 9.06. The molecule has 10 nitrogen and oxygen atoms in total. The molecular weight excluding hydrogens is 520 g/mol. The van der Waals surface area contributed by atoms with E-state index in [-0.39, 0.29) is 17.5 Å². The van der Waals surface area contributed by atoms with Crippen LogP contribution in [0.2, 0.25) is 0 Å². The van der Waals surface area contributed by atoms with E-state index >= 15 is 0 Å². The highest BCUT2D eigenvalue weighted by molar-refractivity contribution is 7.19. The topological polar surface area (TPSA) is 141 Å². The van der Waals surface area contributed by atoms with Crippen LogP contribution >= 0.6 is 22.7 Å². The lowest BCUT2D eigenvalue weighted by Crippen LogP contribution is -2.36. The van der Waals surface area contributed by atoms with Crippen LogP contribution in [0.3, 0.4) is 0 Å². The monoisotopic (exact) mass is 544 g/mol. The van der Waals surface area contributed by atoms with Crippen LogP contribution in [0.25, 0.3) is 20.7 Å². The molecule has 4 aromatic heterocycles. The number of carbonyl (C=O) groups is 1. The smallest absolute Gasteiger partial charge is 0.277 e. The maximum Gasteiger partial charge on any atom is 0.277 e. The molecule has 0 fully saturated rings. The van der Waals surface area contributed by atoms with Gasteiger partial charge in [0.15, 0.2) is 5.82 Å². The molecule has 12 heteroatoms. The second-order valence-corrected chi connectivity index (χ2v) is 11.3. The van der Waals surface area contributed by atoms with Gasteiger partial charge in [0.25, 0.3) is 5.56 Å². The predicted octanol–water partition coefficient (Wildman–Crippen LogP) is 3.93. The number of nitrogens with two attached hydrogens (primary N) is 1. The fourth-order valence-electron chi connectivity index (χ4n) is 4.59. The average Bonchev–Trinajstić information content (AvgIpc) is 3.68. The molecule has 1 aliphatic heterocycles.